The highest BCUT2D eigenvalue weighted by Crippen LogP contribution is 2.43. The predicted octanol–water partition coefficient (Wildman–Crippen LogP) is 12.6. The van der Waals surface area contributed by atoms with Gasteiger partial charge in [-0.05, 0) is 109 Å². The van der Waals surface area contributed by atoms with E-state index >= 15 is 0 Å². The van der Waals surface area contributed by atoms with Gasteiger partial charge < -0.3 is 25.2 Å². The third-order valence-electron chi connectivity index (χ3n) is 8.93. The van der Waals surface area contributed by atoms with Gasteiger partial charge in [-0.3, -0.25) is 18.6 Å². The van der Waals surface area contributed by atoms with E-state index in [9.17, 15) is 34.1 Å². The summed E-state index contributed by atoms with van der Waals surface area (Å²) in [6, 6.07) is -1.58. The van der Waals surface area contributed by atoms with Gasteiger partial charge in [-0.25, -0.2) is 9.36 Å². The summed E-state index contributed by atoms with van der Waals surface area (Å²) in [6.07, 6.45) is 61.9. The summed E-state index contributed by atoms with van der Waals surface area (Å²) in [4.78, 5) is 46.0. The Hall–Kier alpha value is -4.38. The van der Waals surface area contributed by atoms with Crippen molar-refractivity contribution in [1.29, 1.82) is 0 Å². The Morgan fingerprint density at radius 1 is 0.500 bits per heavy atom. The van der Waals surface area contributed by atoms with Crippen LogP contribution in [0.4, 0.5) is 0 Å². The zero-order chi connectivity index (χ0) is 47.0. The maximum Gasteiger partial charge on any atom is 0.472 e. The lowest BCUT2D eigenvalue weighted by Gasteiger charge is -2.18. The van der Waals surface area contributed by atoms with Gasteiger partial charge in [0, 0.05) is 12.8 Å². The number of carboxylic acids is 1. The van der Waals surface area contributed by atoms with Crippen molar-refractivity contribution in [2.75, 3.05) is 19.8 Å². The number of phosphoric acid groups is 1. The van der Waals surface area contributed by atoms with Crippen molar-refractivity contribution in [2.45, 2.75) is 154 Å². The van der Waals surface area contributed by atoms with E-state index in [4.69, 9.17) is 13.8 Å². The first-order valence-corrected chi connectivity index (χ1v) is 24.7. The second-order valence-corrected chi connectivity index (χ2v) is 16.3. The zero-order valence-corrected chi connectivity index (χ0v) is 39.7. The van der Waals surface area contributed by atoms with Crippen molar-refractivity contribution >= 4 is 25.7 Å². The fourth-order valence-electron chi connectivity index (χ4n) is 5.40. The molecule has 0 radical (unpaired) electrons. The van der Waals surface area contributed by atoms with Crippen LogP contribution in [0.3, 0.4) is 0 Å². The molecule has 358 valence electrons. The molecule has 12 heteroatoms. The Bertz CT molecular complexity index is 1580. The number of phosphoric ester groups is 1. The number of aliphatic hydroxyl groups excluding tert-OH is 1. The number of rotatable bonds is 41. The van der Waals surface area contributed by atoms with Crippen LogP contribution in [-0.4, -0.2) is 64.9 Å². The summed E-state index contributed by atoms with van der Waals surface area (Å²) < 4.78 is 26.8. The number of carbonyl (C=O) groups excluding carboxylic acids is 2. The van der Waals surface area contributed by atoms with Crippen LogP contribution in [0.1, 0.15) is 142 Å². The van der Waals surface area contributed by atoms with Gasteiger partial charge in [0.2, 0.25) is 5.91 Å². The van der Waals surface area contributed by atoms with Gasteiger partial charge in [0.05, 0.1) is 13.2 Å². The maximum atomic E-state index is 12.3. The van der Waals surface area contributed by atoms with E-state index in [1.807, 2.05) is 0 Å². The van der Waals surface area contributed by atoms with Crippen LogP contribution in [0.15, 0.2) is 134 Å². The average Bonchev–Trinajstić information content (AvgIpc) is 3.27. The number of nitrogens with one attached hydrogen (secondary N) is 1. The van der Waals surface area contributed by atoms with Gasteiger partial charge in [-0.2, -0.15) is 0 Å². The molecule has 0 aliphatic heterocycles. The summed E-state index contributed by atoms with van der Waals surface area (Å²) in [5, 5.41) is 21.8. The van der Waals surface area contributed by atoms with Crippen molar-refractivity contribution in [3.63, 3.8) is 0 Å². The van der Waals surface area contributed by atoms with Crippen molar-refractivity contribution in [2.24, 2.45) is 0 Å². The SMILES string of the molecule is CC/C=C\C/C=C\C/C=C\C/C=C\C/C=C\C/C=C\CCCCC(=O)OCC(O)COP(=O)(O)OCC(NC(=O)CCCCC/C=C\C/C=C\C/C=C\C/C=C\C/C=C\CC)C(=O)O. The number of carbonyl (C=O) groups is 3. The monoisotopic (exact) mass is 910 g/mol. The third kappa shape index (κ3) is 44.2. The molecule has 3 atom stereocenters. The van der Waals surface area contributed by atoms with Gasteiger partial charge in [-0.1, -0.05) is 154 Å². The van der Waals surface area contributed by atoms with Crippen LogP contribution in [0.5, 0.6) is 0 Å². The van der Waals surface area contributed by atoms with E-state index in [2.05, 4.69) is 153 Å². The highest BCUT2D eigenvalue weighted by Gasteiger charge is 2.28. The van der Waals surface area contributed by atoms with Crippen molar-refractivity contribution in [3.05, 3.63) is 134 Å². The van der Waals surface area contributed by atoms with Crippen molar-refractivity contribution in [1.82, 2.24) is 5.32 Å². The topological polar surface area (TPSA) is 169 Å². The molecule has 11 nitrogen and oxygen atoms in total. The number of allylic oxidation sites excluding steroid dienone is 22. The van der Waals surface area contributed by atoms with Crippen molar-refractivity contribution in [3.8, 4) is 0 Å². The van der Waals surface area contributed by atoms with Gasteiger partial charge in [0.25, 0.3) is 0 Å². The molecule has 0 fully saturated rings. The average molecular weight is 910 g/mol. The van der Waals surface area contributed by atoms with Gasteiger partial charge in [-0.15, -0.1) is 0 Å². The molecule has 0 saturated carbocycles. The molecule has 0 aliphatic carbocycles. The molecule has 0 rings (SSSR count). The Balaban J connectivity index is 4.03. The van der Waals surface area contributed by atoms with Crippen LogP contribution >= 0.6 is 7.82 Å². The van der Waals surface area contributed by atoms with Gasteiger partial charge in [0.15, 0.2) is 6.04 Å². The molecule has 0 spiro atoms. The summed E-state index contributed by atoms with van der Waals surface area (Å²) >= 11 is 0. The lowest BCUT2D eigenvalue weighted by atomic mass is 10.1. The fourth-order valence-corrected chi connectivity index (χ4v) is 6.17. The van der Waals surface area contributed by atoms with E-state index in [0.29, 0.717) is 12.8 Å². The molecule has 64 heavy (non-hydrogen) atoms. The number of amides is 1. The summed E-state index contributed by atoms with van der Waals surface area (Å²) in [6.45, 7) is 2.27. The van der Waals surface area contributed by atoms with Crippen LogP contribution < -0.4 is 5.32 Å². The quantitative estimate of drug-likeness (QED) is 0.0200. The molecule has 0 bridgehead atoms. The van der Waals surface area contributed by atoms with E-state index in [1.54, 1.807) is 0 Å². The Kier molecular flexibility index (Phi) is 42.1. The van der Waals surface area contributed by atoms with Crippen LogP contribution in [0.25, 0.3) is 0 Å². The first-order chi connectivity index (χ1) is 31.1. The molecule has 3 unspecified atom stereocenters. The maximum absolute atomic E-state index is 12.3. The number of esters is 1. The summed E-state index contributed by atoms with van der Waals surface area (Å²) in [7, 11) is -4.79. The minimum absolute atomic E-state index is 0.0944. The zero-order valence-electron chi connectivity index (χ0n) is 38.8. The molecular formula is C52H80NO10P. The first-order valence-electron chi connectivity index (χ1n) is 23.2. The minimum Gasteiger partial charge on any atom is -0.480 e. The number of hydrogen-bond donors (Lipinski definition) is 4. The molecule has 0 saturated heterocycles. The van der Waals surface area contributed by atoms with Gasteiger partial charge >= 0.3 is 19.8 Å². The van der Waals surface area contributed by atoms with Gasteiger partial charge in [0.1, 0.15) is 12.7 Å². The number of aliphatic carboxylic acids is 1. The van der Waals surface area contributed by atoms with E-state index in [-0.39, 0.29) is 12.8 Å². The minimum atomic E-state index is -4.79. The van der Waals surface area contributed by atoms with Crippen LogP contribution in [0, 0.1) is 0 Å². The summed E-state index contributed by atoms with van der Waals surface area (Å²) in [5.74, 6) is -2.49. The molecular weight excluding hydrogens is 830 g/mol. The number of ether oxygens (including phenoxy) is 1. The number of hydrogen-bond acceptors (Lipinski definition) is 8. The Morgan fingerprint density at radius 2 is 0.859 bits per heavy atom. The number of aliphatic hydroxyl groups is 1. The van der Waals surface area contributed by atoms with E-state index < -0.39 is 57.6 Å². The van der Waals surface area contributed by atoms with Crippen LogP contribution in [0.2, 0.25) is 0 Å². The van der Waals surface area contributed by atoms with E-state index in [0.717, 1.165) is 103 Å². The Labute approximate surface area is 385 Å². The Morgan fingerprint density at radius 3 is 1.27 bits per heavy atom. The lowest BCUT2D eigenvalue weighted by Crippen LogP contribution is -2.43. The van der Waals surface area contributed by atoms with E-state index in [1.165, 1.54) is 0 Å². The molecule has 0 aromatic rings. The molecule has 4 N–H and O–H groups in total. The standard InChI is InChI=1S/C52H80NO10P/c1-3-5-7-9-11-13-15-17-19-21-23-24-26-28-30-32-34-36-38-40-42-44-51(56)61-45-48(54)46-62-64(59,60)63-47-49(52(57)58)53-50(55)43-41-39-37-35-33-31-29-27-25-22-20-18-16-14-12-10-8-6-4-2/h5-8,11-14,17-20,23-25,27-28,30-31,33-34,36,48-49,54H,3-4,9-10,15-16,21-22,26,29,32,35,37-47H2,1-2H3,(H,53,55)(H,57,58)(H,59,60)/b7-5-,8-6-,13-11-,14-12-,19-17-,20-18-,24-23-,27-25-,30-28-,33-31-,36-34-. The second kappa shape index (κ2) is 45.2. The highest BCUT2D eigenvalue weighted by molar-refractivity contribution is 7.47. The lowest BCUT2D eigenvalue weighted by molar-refractivity contribution is -0.147. The first kappa shape index (κ1) is 59.6. The largest absolute Gasteiger partial charge is 0.480 e. The number of carboxylic acid groups (broad SMARTS) is 1. The third-order valence-corrected chi connectivity index (χ3v) is 9.89. The molecule has 0 aromatic heterocycles. The summed E-state index contributed by atoms with van der Waals surface area (Å²) in [5.41, 5.74) is 0. The molecule has 0 heterocycles. The number of unbranched alkanes of at least 4 members (excludes halogenated alkanes) is 5. The van der Waals surface area contributed by atoms with Crippen LogP contribution in [-0.2, 0) is 32.7 Å². The van der Waals surface area contributed by atoms with Crippen molar-refractivity contribution < 1.29 is 47.8 Å². The molecule has 0 aliphatic rings. The normalized spacial score (nSPS) is 14.8. The fraction of sp³-hybridized carbons (Fsp3) is 0.519. The highest BCUT2D eigenvalue weighted by atomic mass is 31.2. The smallest absolute Gasteiger partial charge is 0.472 e. The second-order valence-electron chi connectivity index (χ2n) is 14.8. The molecule has 1 amide bonds. The predicted molar refractivity (Wildman–Crippen MR) is 262 cm³/mol. The molecule has 0 aromatic carbocycles.